The van der Waals surface area contributed by atoms with Crippen LogP contribution in [-0.2, 0) is 5.41 Å². The Kier molecular flexibility index (Phi) is 6.60. The third kappa shape index (κ3) is 4.33. The molecular formula is C19H30ClNO2. The summed E-state index contributed by atoms with van der Waals surface area (Å²) in [6, 6.07) is 6.42. The zero-order chi connectivity index (χ0) is 16.9. The van der Waals surface area contributed by atoms with Gasteiger partial charge in [0.2, 0.25) is 0 Å². The lowest BCUT2D eigenvalue weighted by Crippen LogP contribution is -2.39. The highest BCUT2D eigenvalue weighted by atomic mass is 35.5. The molecule has 0 saturated heterocycles. The Morgan fingerprint density at radius 3 is 2.39 bits per heavy atom. The molecule has 3 nitrogen and oxygen atoms in total. The van der Waals surface area contributed by atoms with Crippen LogP contribution in [0, 0.1) is 5.92 Å². The van der Waals surface area contributed by atoms with Gasteiger partial charge in [0.25, 0.3) is 0 Å². The van der Waals surface area contributed by atoms with Crippen LogP contribution in [0.2, 0.25) is 0 Å². The molecule has 0 N–H and O–H groups in total. The summed E-state index contributed by atoms with van der Waals surface area (Å²) >= 11 is 5.98. The van der Waals surface area contributed by atoms with Crippen LogP contribution >= 0.6 is 11.6 Å². The van der Waals surface area contributed by atoms with E-state index in [0.717, 1.165) is 24.6 Å². The summed E-state index contributed by atoms with van der Waals surface area (Å²) in [5.41, 5.74) is 1.60. The molecule has 1 atom stereocenters. The number of nitrogens with zero attached hydrogens (tertiary/aromatic N) is 1. The quantitative estimate of drug-likeness (QED) is 0.658. The average Bonchev–Trinajstić information content (AvgIpc) is 3.03. The summed E-state index contributed by atoms with van der Waals surface area (Å²) in [6.07, 6.45) is 5.07. The van der Waals surface area contributed by atoms with Crippen molar-refractivity contribution in [2.75, 3.05) is 40.2 Å². The topological polar surface area (TPSA) is 21.7 Å². The van der Waals surface area contributed by atoms with Gasteiger partial charge >= 0.3 is 0 Å². The zero-order valence-corrected chi connectivity index (χ0v) is 15.7. The van der Waals surface area contributed by atoms with Crippen LogP contribution in [0.4, 0.5) is 0 Å². The van der Waals surface area contributed by atoms with E-state index < -0.39 is 0 Å². The predicted octanol–water partition coefficient (Wildman–Crippen LogP) is 4.32. The molecule has 0 aliphatic heterocycles. The standard InChI is InChI=1S/C19H30ClNO2/c1-15(12-20)13-21(2)14-19(9-5-6-10-19)16-7-8-17(22-3)18(11-16)23-4/h7-8,11,15H,5-6,9-10,12-14H2,1-4H3/t15-/m0/s1. The highest BCUT2D eigenvalue weighted by molar-refractivity contribution is 6.18. The minimum atomic E-state index is 0.223. The molecule has 0 bridgehead atoms. The molecule has 0 radical (unpaired) electrons. The van der Waals surface area contributed by atoms with Gasteiger partial charge < -0.3 is 14.4 Å². The summed E-state index contributed by atoms with van der Waals surface area (Å²) in [4.78, 5) is 2.44. The number of likely N-dealkylation sites (N-methyl/N-ethyl adjacent to an activating group) is 1. The minimum Gasteiger partial charge on any atom is -0.493 e. The zero-order valence-electron chi connectivity index (χ0n) is 14.9. The normalized spacial score (nSPS) is 18.2. The van der Waals surface area contributed by atoms with E-state index >= 15 is 0 Å². The second-order valence-corrected chi connectivity index (χ2v) is 7.32. The van der Waals surface area contributed by atoms with Crippen LogP contribution in [0.1, 0.15) is 38.2 Å². The van der Waals surface area contributed by atoms with Gasteiger partial charge in [-0.05, 0) is 43.5 Å². The lowest BCUT2D eigenvalue weighted by atomic mass is 9.78. The minimum absolute atomic E-state index is 0.223. The summed E-state index contributed by atoms with van der Waals surface area (Å²) in [6.45, 7) is 4.32. The number of rotatable bonds is 8. The van der Waals surface area contributed by atoms with Crippen molar-refractivity contribution in [1.29, 1.82) is 0 Å². The second-order valence-electron chi connectivity index (χ2n) is 7.01. The molecule has 1 aliphatic rings. The summed E-state index contributed by atoms with van der Waals surface area (Å²) in [5, 5.41) is 0. The largest absolute Gasteiger partial charge is 0.493 e. The fourth-order valence-corrected chi connectivity index (χ4v) is 4.02. The maximum absolute atomic E-state index is 5.98. The monoisotopic (exact) mass is 339 g/mol. The lowest BCUT2D eigenvalue weighted by Gasteiger charge is -2.35. The molecule has 23 heavy (non-hydrogen) atoms. The van der Waals surface area contributed by atoms with Crippen molar-refractivity contribution in [1.82, 2.24) is 4.90 Å². The van der Waals surface area contributed by atoms with Gasteiger partial charge in [-0.1, -0.05) is 25.8 Å². The molecule has 0 amide bonds. The van der Waals surface area contributed by atoms with Crippen molar-refractivity contribution in [2.24, 2.45) is 5.92 Å². The predicted molar refractivity (Wildman–Crippen MR) is 97.1 cm³/mol. The number of methoxy groups -OCH3 is 2. The molecule has 0 unspecified atom stereocenters. The summed E-state index contributed by atoms with van der Waals surface area (Å²) in [5.74, 6) is 2.86. The first-order chi connectivity index (χ1) is 11.0. The number of ether oxygens (including phenoxy) is 2. The molecule has 1 aromatic rings. The van der Waals surface area contributed by atoms with Gasteiger partial charge in [0.1, 0.15) is 0 Å². The molecule has 1 aromatic carbocycles. The first-order valence-corrected chi connectivity index (χ1v) is 9.05. The van der Waals surface area contributed by atoms with Gasteiger partial charge in [0, 0.05) is 24.4 Å². The summed E-state index contributed by atoms with van der Waals surface area (Å²) in [7, 11) is 5.60. The van der Waals surface area contributed by atoms with Crippen molar-refractivity contribution in [3.05, 3.63) is 23.8 Å². The fourth-order valence-electron chi connectivity index (χ4n) is 3.92. The summed E-state index contributed by atoms with van der Waals surface area (Å²) < 4.78 is 10.9. The number of alkyl halides is 1. The number of halogens is 1. The van der Waals surface area contributed by atoms with E-state index in [0.29, 0.717) is 11.8 Å². The van der Waals surface area contributed by atoms with Crippen molar-refractivity contribution in [2.45, 2.75) is 38.0 Å². The maximum Gasteiger partial charge on any atom is 0.161 e. The van der Waals surface area contributed by atoms with Gasteiger partial charge in [-0.15, -0.1) is 11.6 Å². The van der Waals surface area contributed by atoms with Crippen molar-refractivity contribution in [3.63, 3.8) is 0 Å². The highest BCUT2D eigenvalue weighted by Gasteiger charge is 2.37. The smallest absolute Gasteiger partial charge is 0.161 e. The Labute approximate surface area is 145 Å². The van der Waals surface area contributed by atoms with Crippen molar-refractivity contribution in [3.8, 4) is 11.5 Å². The van der Waals surface area contributed by atoms with Crippen LogP contribution in [-0.4, -0.2) is 45.1 Å². The molecule has 0 spiro atoms. The number of hydrogen-bond donors (Lipinski definition) is 0. The van der Waals surface area contributed by atoms with Crippen molar-refractivity contribution < 1.29 is 9.47 Å². The Bertz CT molecular complexity index is 500. The molecule has 1 fully saturated rings. The van der Waals surface area contributed by atoms with Gasteiger partial charge in [0.15, 0.2) is 11.5 Å². The van der Waals surface area contributed by atoms with Crippen LogP contribution in [0.3, 0.4) is 0 Å². The highest BCUT2D eigenvalue weighted by Crippen LogP contribution is 2.44. The van der Waals surface area contributed by atoms with Gasteiger partial charge in [-0.3, -0.25) is 0 Å². The SMILES string of the molecule is COc1ccc(C2(CN(C)C[C@@H](C)CCl)CCCC2)cc1OC. The van der Waals surface area contributed by atoms with Crippen LogP contribution < -0.4 is 9.47 Å². The third-order valence-electron chi connectivity index (χ3n) is 5.02. The van der Waals surface area contributed by atoms with E-state index in [9.17, 15) is 0 Å². The molecule has 1 aliphatic carbocycles. The van der Waals surface area contributed by atoms with E-state index in [-0.39, 0.29) is 5.41 Å². The first-order valence-electron chi connectivity index (χ1n) is 8.51. The Hall–Kier alpha value is -0.930. The third-order valence-corrected chi connectivity index (χ3v) is 5.54. The molecule has 2 rings (SSSR count). The fraction of sp³-hybridized carbons (Fsp3) is 0.684. The molecule has 0 heterocycles. The molecule has 4 heteroatoms. The second kappa shape index (κ2) is 8.25. The van der Waals surface area contributed by atoms with Gasteiger partial charge in [-0.2, -0.15) is 0 Å². The van der Waals surface area contributed by atoms with Gasteiger partial charge in [0.05, 0.1) is 14.2 Å². The van der Waals surface area contributed by atoms with Crippen LogP contribution in [0.5, 0.6) is 11.5 Å². The van der Waals surface area contributed by atoms with E-state index in [1.807, 2.05) is 6.07 Å². The van der Waals surface area contributed by atoms with Gasteiger partial charge in [-0.25, -0.2) is 0 Å². The Morgan fingerprint density at radius 2 is 1.83 bits per heavy atom. The molecule has 130 valence electrons. The Morgan fingerprint density at radius 1 is 1.17 bits per heavy atom. The molecule has 1 saturated carbocycles. The average molecular weight is 340 g/mol. The molecular weight excluding hydrogens is 310 g/mol. The maximum atomic E-state index is 5.98. The number of hydrogen-bond acceptors (Lipinski definition) is 3. The van der Waals surface area contributed by atoms with E-state index in [2.05, 4.69) is 31.0 Å². The number of benzene rings is 1. The Balaban J connectivity index is 2.23. The van der Waals surface area contributed by atoms with E-state index in [1.54, 1.807) is 14.2 Å². The van der Waals surface area contributed by atoms with Crippen LogP contribution in [0.25, 0.3) is 0 Å². The lowest BCUT2D eigenvalue weighted by molar-refractivity contribution is 0.224. The van der Waals surface area contributed by atoms with E-state index in [4.69, 9.17) is 21.1 Å². The van der Waals surface area contributed by atoms with Crippen molar-refractivity contribution >= 4 is 11.6 Å². The van der Waals surface area contributed by atoms with E-state index in [1.165, 1.54) is 31.2 Å². The first kappa shape index (κ1) is 18.4. The van der Waals surface area contributed by atoms with Crippen LogP contribution in [0.15, 0.2) is 18.2 Å². The molecule has 0 aromatic heterocycles.